The van der Waals surface area contributed by atoms with Gasteiger partial charge in [-0.25, -0.2) is 17.2 Å². The van der Waals surface area contributed by atoms with Crippen LogP contribution in [0.3, 0.4) is 0 Å². The van der Waals surface area contributed by atoms with E-state index in [9.17, 15) is 17.2 Å². The minimum absolute atomic E-state index is 0.263. The van der Waals surface area contributed by atoms with E-state index in [0.717, 1.165) is 18.4 Å². The number of aliphatic hydroxyl groups is 1. The zero-order chi connectivity index (χ0) is 12.5. The summed E-state index contributed by atoms with van der Waals surface area (Å²) in [4.78, 5) is -0.551. The van der Waals surface area contributed by atoms with Crippen molar-refractivity contribution in [2.45, 2.75) is 24.3 Å². The number of aliphatic hydroxyl groups excluding tert-OH is 1. The topological polar surface area (TPSA) is 54.4 Å². The second-order valence-corrected chi connectivity index (χ2v) is 5.65. The van der Waals surface area contributed by atoms with E-state index in [-0.39, 0.29) is 6.42 Å². The largest absolute Gasteiger partial charge is 0.393 e. The fourth-order valence-electron chi connectivity index (χ4n) is 1.35. The molecule has 0 spiro atoms. The molecule has 0 heterocycles. The third-order valence-electron chi connectivity index (χ3n) is 2.05. The van der Waals surface area contributed by atoms with Crippen molar-refractivity contribution < 1.29 is 22.3 Å². The Bertz CT molecular complexity index is 495. The average Bonchev–Trinajstić information content (AvgIpc) is 2.09. The van der Waals surface area contributed by atoms with Crippen LogP contribution in [0.25, 0.3) is 0 Å². The predicted molar refractivity (Wildman–Crippen MR) is 54.9 cm³/mol. The number of sulfone groups is 1. The fraction of sp³-hybridized carbons (Fsp3) is 0.400. The van der Waals surface area contributed by atoms with Crippen LogP contribution >= 0.6 is 0 Å². The zero-order valence-electron chi connectivity index (χ0n) is 8.87. The van der Waals surface area contributed by atoms with Crippen molar-refractivity contribution in [3.63, 3.8) is 0 Å². The molecular formula is C10H12F2O3S. The molecule has 90 valence electrons. The van der Waals surface area contributed by atoms with Gasteiger partial charge >= 0.3 is 0 Å². The van der Waals surface area contributed by atoms with Crippen molar-refractivity contribution in [2.24, 2.45) is 0 Å². The molecule has 1 aromatic rings. The highest BCUT2D eigenvalue weighted by atomic mass is 32.2. The van der Waals surface area contributed by atoms with E-state index in [4.69, 9.17) is 5.11 Å². The summed E-state index contributed by atoms with van der Waals surface area (Å²) >= 11 is 0. The van der Waals surface area contributed by atoms with Gasteiger partial charge in [0.25, 0.3) is 0 Å². The Hall–Kier alpha value is -1.01. The lowest BCUT2D eigenvalue weighted by Gasteiger charge is -2.09. The number of rotatable bonds is 3. The molecule has 0 fully saturated rings. The molecule has 3 nitrogen and oxygen atoms in total. The Morgan fingerprint density at radius 2 is 1.94 bits per heavy atom. The molecule has 1 rings (SSSR count). The zero-order valence-corrected chi connectivity index (χ0v) is 9.68. The monoisotopic (exact) mass is 250 g/mol. The van der Waals surface area contributed by atoms with E-state index in [0.29, 0.717) is 0 Å². The van der Waals surface area contributed by atoms with E-state index in [2.05, 4.69) is 0 Å². The van der Waals surface area contributed by atoms with Crippen LogP contribution in [-0.4, -0.2) is 25.9 Å². The lowest BCUT2D eigenvalue weighted by Crippen LogP contribution is -2.11. The maximum Gasteiger partial charge on any atom is 0.178 e. The van der Waals surface area contributed by atoms with Crippen LogP contribution in [0.2, 0.25) is 0 Å². The second-order valence-electron chi connectivity index (χ2n) is 3.66. The molecule has 0 aromatic heterocycles. The summed E-state index contributed by atoms with van der Waals surface area (Å²) in [5, 5.41) is 9.07. The van der Waals surface area contributed by atoms with E-state index >= 15 is 0 Å². The van der Waals surface area contributed by atoms with Gasteiger partial charge in [0.05, 0.1) is 6.10 Å². The molecule has 16 heavy (non-hydrogen) atoms. The molecule has 0 aliphatic heterocycles. The molecule has 0 aliphatic carbocycles. The summed E-state index contributed by atoms with van der Waals surface area (Å²) in [6.45, 7) is 1.37. The van der Waals surface area contributed by atoms with Crippen molar-refractivity contribution in [1.29, 1.82) is 0 Å². The highest BCUT2D eigenvalue weighted by Crippen LogP contribution is 2.22. The average molecular weight is 250 g/mol. The molecule has 1 aromatic carbocycles. The first-order valence-electron chi connectivity index (χ1n) is 4.58. The molecule has 1 N–H and O–H groups in total. The van der Waals surface area contributed by atoms with Gasteiger partial charge in [-0.3, -0.25) is 0 Å². The molecule has 6 heteroatoms. The highest BCUT2D eigenvalue weighted by Gasteiger charge is 2.20. The van der Waals surface area contributed by atoms with E-state index in [1.165, 1.54) is 6.92 Å². The van der Waals surface area contributed by atoms with Gasteiger partial charge in [-0.1, -0.05) is 0 Å². The predicted octanol–water partition coefficient (Wildman–Crippen LogP) is 1.29. The number of halogens is 2. The van der Waals surface area contributed by atoms with Gasteiger partial charge < -0.3 is 5.11 Å². The summed E-state index contributed by atoms with van der Waals surface area (Å²) in [7, 11) is -3.73. The smallest absolute Gasteiger partial charge is 0.178 e. The first kappa shape index (κ1) is 13.1. The lowest BCUT2D eigenvalue weighted by molar-refractivity contribution is 0.192. The van der Waals surface area contributed by atoms with E-state index in [1.54, 1.807) is 0 Å². The Kier molecular flexibility index (Phi) is 3.64. The summed E-state index contributed by atoms with van der Waals surface area (Å²) in [6, 6.07) is 1.77. The molecule has 0 bridgehead atoms. The third kappa shape index (κ3) is 2.76. The maximum absolute atomic E-state index is 13.7. The van der Waals surface area contributed by atoms with Gasteiger partial charge in [-0.15, -0.1) is 0 Å². The summed E-state index contributed by atoms with van der Waals surface area (Å²) < 4.78 is 49.2. The molecule has 0 amide bonds. The molecular weight excluding hydrogens is 238 g/mol. The Balaban J connectivity index is 3.39. The molecule has 0 aliphatic rings. The standard InChI is InChI=1S/C10H12F2O3S/c1-6(13)5-7-8(11)3-4-9(10(7)12)16(2,14)15/h3-4,6,13H,5H2,1-2H3. The van der Waals surface area contributed by atoms with E-state index < -0.39 is 38.0 Å². The summed E-state index contributed by atoms with van der Waals surface area (Å²) in [5.41, 5.74) is -0.405. The summed E-state index contributed by atoms with van der Waals surface area (Å²) in [6.07, 6.45) is -0.366. The Morgan fingerprint density at radius 1 is 1.38 bits per heavy atom. The van der Waals surface area contributed by atoms with Crippen molar-refractivity contribution in [3.8, 4) is 0 Å². The number of hydrogen-bond donors (Lipinski definition) is 1. The molecule has 0 radical (unpaired) electrons. The van der Waals surface area contributed by atoms with Crippen molar-refractivity contribution in [3.05, 3.63) is 29.3 Å². The van der Waals surface area contributed by atoms with Crippen molar-refractivity contribution in [1.82, 2.24) is 0 Å². The van der Waals surface area contributed by atoms with Crippen molar-refractivity contribution in [2.75, 3.05) is 6.26 Å². The summed E-state index contributed by atoms with van der Waals surface area (Å²) in [5.74, 6) is -1.98. The van der Waals surface area contributed by atoms with Crippen LogP contribution in [-0.2, 0) is 16.3 Å². The van der Waals surface area contributed by atoms with Gasteiger partial charge in [0, 0.05) is 18.2 Å². The fourth-order valence-corrected chi connectivity index (χ4v) is 2.11. The number of benzene rings is 1. The molecule has 0 saturated heterocycles. The van der Waals surface area contributed by atoms with Gasteiger partial charge in [-0.05, 0) is 19.1 Å². The minimum Gasteiger partial charge on any atom is -0.393 e. The highest BCUT2D eigenvalue weighted by molar-refractivity contribution is 7.90. The van der Waals surface area contributed by atoms with Gasteiger partial charge in [-0.2, -0.15) is 0 Å². The number of hydrogen-bond acceptors (Lipinski definition) is 3. The molecule has 1 unspecified atom stereocenters. The van der Waals surface area contributed by atoms with Gasteiger partial charge in [0.2, 0.25) is 0 Å². The van der Waals surface area contributed by atoms with Crippen LogP contribution < -0.4 is 0 Å². The van der Waals surface area contributed by atoms with Gasteiger partial charge in [0.15, 0.2) is 9.84 Å². The quantitative estimate of drug-likeness (QED) is 0.822. The van der Waals surface area contributed by atoms with Crippen LogP contribution in [0.1, 0.15) is 12.5 Å². The van der Waals surface area contributed by atoms with Crippen LogP contribution in [0, 0.1) is 11.6 Å². The molecule has 0 saturated carbocycles. The Morgan fingerprint density at radius 3 is 2.38 bits per heavy atom. The maximum atomic E-state index is 13.7. The normalized spacial score (nSPS) is 13.8. The minimum atomic E-state index is -3.73. The van der Waals surface area contributed by atoms with Crippen LogP contribution in [0.15, 0.2) is 17.0 Å². The van der Waals surface area contributed by atoms with Crippen molar-refractivity contribution >= 4 is 9.84 Å². The van der Waals surface area contributed by atoms with Crippen LogP contribution in [0.5, 0.6) is 0 Å². The molecule has 1 atom stereocenters. The van der Waals surface area contributed by atoms with E-state index in [1.807, 2.05) is 0 Å². The van der Waals surface area contributed by atoms with Gasteiger partial charge in [0.1, 0.15) is 16.5 Å². The lowest BCUT2D eigenvalue weighted by atomic mass is 10.1. The Labute approximate surface area is 92.6 Å². The van der Waals surface area contributed by atoms with Crippen LogP contribution in [0.4, 0.5) is 8.78 Å². The first-order chi connectivity index (χ1) is 7.23. The SMILES string of the molecule is CC(O)Cc1c(F)ccc(S(C)(=O)=O)c1F. The second kappa shape index (κ2) is 4.47. The first-order valence-corrected chi connectivity index (χ1v) is 6.47. The third-order valence-corrected chi connectivity index (χ3v) is 3.16.